The third kappa shape index (κ3) is 4.07. The third-order valence-corrected chi connectivity index (χ3v) is 2.65. The molecule has 14 heavy (non-hydrogen) atoms. The van der Waals surface area contributed by atoms with Gasteiger partial charge in [0.05, 0.1) is 6.10 Å². The average Bonchev–Trinajstić information content (AvgIpc) is 2.97. The predicted molar refractivity (Wildman–Crippen MR) is 54.6 cm³/mol. The standard InChI is InChI=1S/C10H20N2O2/c1-2-8(11)5-10(14)12-6-9(13)7-3-4-7/h7-9,13H,2-6,11H2,1H3,(H,12,14). The van der Waals surface area contributed by atoms with E-state index in [1.165, 1.54) is 0 Å². The monoisotopic (exact) mass is 200 g/mol. The Morgan fingerprint density at radius 3 is 2.79 bits per heavy atom. The van der Waals surface area contributed by atoms with Crippen molar-refractivity contribution < 1.29 is 9.90 Å². The van der Waals surface area contributed by atoms with Crippen molar-refractivity contribution in [2.45, 2.75) is 44.8 Å². The molecule has 4 N–H and O–H groups in total. The first-order valence-corrected chi connectivity index (χ1v) is 5.33. The molecule has 0 bridgehead atoms. The fourth-order valence-electron chi connectivity index (χ4n) is 1.32. The van der Waals surface area contributed by atoms with Crippen molar-refractivity contribution in [2.24, 2.45) is 11.7 Å². The SMILES string of the molecule is CCC(N)CC(=O)NCC(O)C1CC1. The topological polar surface area (TPSA) is 75.4 Å². The number of rotatable bonds is 6. The van der Waals surface area contributed by atoms with E-state index in [0.29, 0.717) is 18.9 Å². The summed E-state index contributed by atoms with van der Waals surface area (Å²) in [4.78, 5) is 11.3. The molecule has 0 aromatic heterocycles. The van der Waals surface area contributed by atoms with Gasteiger partial charge in [-0.1, -0.05) is 6.92 Å². The fourth-order valence-corrected chi connectivity index (χ4v) is 1.32. The third-order valence-electron chi connectivity index (χ3n) is 2.65. The van der Waals surface area contributed by atoms with Crippen molar-refractivity contribution in [2.75, 3.05) is 6.54 Å². The fraction of sp³-hybridized carbons (Fsp3) is 0.900. The summed E-state index contributed by atoms with van der Waals surface area (Å²) in [7, 11) is 0. The molecule has 0 aliphatic heterocycles. The van der Waals surface area contributed by atoms with Crippen LogP contribution < -0.4 is 11.1 Å². The molecule has 0 aromatic rings. The maximum Gasteiger partial charge on any atom is 0.221 e. The van der Waals surface area contributed by atoms with Crippen LogP contribution in [0.5, 0.6) is 0 Å². The highest BCUT2D eigenvalue weighted by Gasteiger charge is 2.29. The molecule has 1 aliphatic rings. The van der Waals surface area contributed by atoms with Crippen molar-refractivity contribution >= 4 is 5.91 Å². The summed E-state index contributed by atoms with van der Waals surface area (Å²) in [5.74, 6) is 0.356. The highest BCUT2D eigenvalue weighted by Crippen LogP contribution is 2.32. The Morgan fingerprint density at radius 1 is 1.64 bits per heavy atom. The molecule has 2 atom stereocenters. The first-order chi connectivity index (χ1) is 6.63. The largest absolute Gasteiger partial charge is 0.391 e. The van der Waals surface area contributed by atoms with E-state index < -0.39 is 0 Å². The van der Waals surface area contributed by atoms with Crippen LogP contribution in [-0.2, 0) is 4.79 Å². The molecule has 1 amide bonds. The van der Waals surface area contributed by atoms with E-state index >= 15 is 0 Å². The Morgan fingerprint density at radius 2 is 2.29 bits per heavy atom. The van der Waals surface area contributed by atoms with E-state index in [1.54, 1.807) is 0 Å². The second kappa shape index (κ2) is 5.32. The second-order valence-electron chi connectivity index (χ2n) is 4.08. The summed E-state index contributed by atoms with van der Waals surface area (Å²) < 4.78 is 0. The molecule has 0 radical (unpaired) electrons. The zero-order chi connectivity index (χ0) is 10.6. The lowest BCUT2D eigenvalue weighted by Gasteiger charge is -2.12. The van der Waals surface area contributed by atoms with Crippen molar-refractivity contribution in [1.82, 2.24) is 5.32 Å². The van der Waals surface area contributed by atoms with Crippen LogP contribution in [-0.4, -0.2) is 29.7 Å². The minimum atomic E-state index is -0.364. The van der Waals surface area contributed by atoms with E-state index in [2.05, 4.69) is 5.32 Å². The second-order valence-corrected chi connectivity index (χ2v) is 4.08. The molecule has 4 nitrogen and oxygen atoms in total. The van der Waals surface area contributed by atoms with Gasteiger partial charge in [-0.25, -0.2) is 0 Å². The van der Waals surface area contributed by atoms with E-state index in [0.717, 1.165) is 19.3 Å². The number of nitrogens with two attached hydrogens (primary N) is 1. The molecule has 82 valence electrons. The zero-order valence-electron chi connectivity index (χ0n) is 8.70. The Balaban J connectivity index is 2.07. The van der Waals surface area contributed by atoms with Crippen LogP contribution in [0.2, 0.25) is 0 Å². The van der Waals surface area contributed by atoms with Crippen LogP contribution in [0.15, 0.2) is 0 Å². The summed E-state index contributed by atoms with van der Waals surface area (Å²) in [6.45, 7) is 2.33. The van der Waals surface area contributed by atoms with Crippen LogP contribution in [0.3, 0.4) is 0 Å². The molecule has 1 fully saturated rings. The normalized spacial score (nSPS) is 20.2. The lowest BCUT2D eigenvalue weighted by atomic mass is 10.1. The Bertz CT molecular complexity index is 193. The molecular weight excluding hydrogens is 180 g/mol. The van der Waals surface area contributed by atoms with Crippen molar-refractivity contribution in [3.05, 3.63) is 0 Å². The minimum Gasteiger partial charge on any atom is -0.391 e. The Kier molecular flexibility index (Phi) is 4.35. The Hall–Kier alpha value is -0.610. The summed E-state index contributed by atoms with van der Waals surface area (Å²) in [5, 5.41) is 12.2. The number of hydrogen-bond donors (Lipinski definition) is 3. The van der Waals surface area contributed by atoms with E-state index in [1.807, 2.05) is 6.92 Å². The molecular formula is C10H20N2O2. The quantitative estimate of drug-likeness (QED) is 0.565. The van der Waals surface area contributed by atoms with Gasteiger partial charge in [-0.15, -0.1) is 0 Å². The molecule has 1 saturated carbocycles. The van der Waals surface area contributed by atoms with Crippen molar-refractivity contribution in [3.63, 3.8) is 0 Å². The number of hydrogen-bond acceptors (Lipinski definition) is 3. The predicted octanol–water partition coefficient (Wildman–Crippen LogP) is 0.000900. The molecule has 1 aliphatic carbocycles. The van der Waals surface area contributed by atoms with Gasteiger partial charge >= 0.3 is 0 Å². The van der Waals surface area contributed by atoms with Gasteiger partial charge in [-0.3, -0.25) is 4.79 Å². The molecule has 4 heteroatoms. The van der Waals surface area contributed by atoms with Crippen molar-refractivity contribution in [3.8, 4) is 0 Å². The molecule has 0 saturated heterocycles. The van der Waals surface area contributed by atoms with E-state index in [4.69, 9.17) is 5.73 Å². The lowest BCUT2D eigenvalue weighted by Crippen LogP contribution is -2.36. The maximum atomic E-state index is 11.3. The van der Waals surface area contributed by atoms with Gasteiger partial charge in [-0.05, 0) is 25.2 Å². The number of nitrogens with one attached hydrogen (secondary N) is 1. The molecule has 1 rings (SSSR count). The Labute approximate surface area is 84.9 Å². The summed E-state index contributed by atoms with van der Waals surface area (Å²) in [6.07, 6.45) is 2.97. The summed E-state index contributed by atoms with van der Waals surface area (Å²) in [5.41, 5.74) is 5.63. The maximum absolute atomic E-state index is 11.3. The van der Waals surface area contributed by atoms with Crippen LogP contribution >= 0.6 is 0 Å². The van der Waals surface area contributed by atoms with Gasteiger partial charge in [0.15, 0.2) is 0 Å². The molecule has 0 heterocycles. The first-order valence-electron chi connectivity index (χ1n) is 5.33. The molecule has 0 spiro atoms. The summed E-state index contributed by atoms with van der Waals surface area (Å²) in [6, 6.07) is -0.0620. The highest BCUT2D eigenvalue weighted by atomic mass is 16.3. The van der Waals surface area contributed by atoms with Crippen LogP contribution in [0.1, 0.15) is 32.6 Å². The van der Waals surface area contributed by atoms with Crippen LogP contribution in [0.25, 0.3) is 0 Å². The van der Waals surface area contributed by atoms with Crippen molar-refractivity contribution in [1.29, 1.82) is 0 Å². The van der Waals surface area contributed by atoms with Crippen LogP contribution in [0, 0.1) is 5.92 Å². The van der Waals surface area contributed by atoms with Gasteiger partial charge in [0.2, 0.25) is 5.91 Å². The first kappa shape index (κ1) is 11.5. The number of carbonyl (C=O) groups is 1. The van der Waals surface area contributed by atoms with Gasteiger partial charge < -0.3 is 16.2 Å². The van der Waals surface area contributed by atoms with Gasteiger partial charge in [0, 0.05) is 19.0 Å². The minimum absolute atomic E-state index is 0.0564. The number of aliphatic hydroxyl groups is 1. The molecule has 0 aromatic carbocycles. The zero-order valence-corrected chi connectivity index (χ0v) is 8.70. The van der Waals surface area contributed by atoms with Gasteiger partial charge in [-0.2, -0.15) is 0 Å². The number of amides is 1. The van der Waals surface area contributed by atoms with E-state index in [9.17, 15) is 9.90 Å². The average molecular weight is 200 g/mol. The molecule has 2 unspecified atom stereocenters. The van der Waals surface area contributed by atoms with Gasteiger partial charge in [0.1, 0.15) is 0 Å². The van der Waals surface area contributed by atoms with Gasteiger partial charge in [0.25, 0.3) is 0 Å². The van der Waals surface area contributed by atoms with E-state index in [-0.39, 0.29) is 18.1 Å². The highest BCUT2D eigenvalue weighted by molar-refractivity contribution is 5.76. The smallest absolute Gasteiger partial charge is 0.221 e. The number of carbonyl (C=O) groups excluding carboxylic acids is 1. The number of aliphatic hydroxyl groups excluding tert-OH is 1. The van der Waals surface area contributed by atoms with Crippen LogP contribution in [0.4, 0.5) is 0 Å². The summed E-state index contributed by atoms with van der Waals surface area (Å²) >= 11 is 0. The lowest BCUT2D eigenvalue weighted by molar-refractivity contribution is -0.121.